The van der Waals surface area contributed by atoms with Gasteiger partial charge in [0.15, 0.2) is 0 Å². The van der Waals surface area contributed by atoms with Gasteiger partial charge in [0, 0.05) is 5.02 Å². The lowest BCUT2D eigenvalue weighted by molar-refractivity contribution is -0.472. The minimum absolute atomic E-state index is 0.385. The standard InChI is InChI=1S/C19H22ClNO5.C2H6/c20-15-10-8-14(9-11-15)17(13-5-2-1-3-6-13)26-19(24,25)18(22,23)16-7-4-12-21-16;1-2/h1-3,5-6,8-11,16-17,21-25H,4,7,12H2;1-2H3. The normalized spacial score (nSPS) is 18.3. The molecule has 0 aliphatic carbocycles. The molecule has 28 heavy (non-hydrogen) atoms. The van der Waals surface area contributed by atoms with Crippen LogP contribution < -0.4 is 5.32 Å². The van der Waals surface area contributed by atoms with Crippen LogP contribution in [0.1, 0.15) is 43.9 Å². The lowest BCUT2D eigenvalue weighted by Crippen LogP contribution is -2.65. The molecule has 3 rings (SSSR count). The van der Waals surface area contributed by atoms with Gasteiger partial charge in [0.1, 0.15) is 6.10 Å². The van der Waals surface area contributed by atoms with Gasteiger partial charge in [-0.25, -0.2) is 0 Å². The van der Waals surface area contributed by atoms with Crippen LogP contribution in [0.2, 0.25) is 5.02 Å². The smallest absolute Gasteiger partial charge is 0.337 e. The third kappa shape index (κ3) is 5.10. The Morgan fingerprint density at radius 1 is 0.964 bits per heavy atom. The van der Waals surface area contributed by atoms with Crippen molar-refractivity contribution in [2.24, 2.45) is 0 Å². The Labute approximate surface area is 170 Å². The molecule has 5 N–H and O–H groups in total. The molecule has 0 spiro atoms. The number of ether oxygens (including phenoxy) is 1. The minimum atomic E-state index is -3.20. The number of benzene rings is 2. The molecule has 1 aliphatic rings. The molecule has 6 nitrogen and oxygen atoms in total. The van der Waals surface area contributed by atoms with E-state index in [4.69, 9.17) is 16.3 Å². The zero-order chi connectivity index (χ0) is 20.8. The van der Waals surface area contributed by atoms with Crippen molar-refractivity contribution in [2.45, 2.75) is 50.6 Å². The Morgan fingerprint density at radius 2 is 1.54 bits per heavy atom. The molecule has 0 saturated carbocycles. The van der Waals surface area contributed by atoms with Crippen LogP contribution >= 0.6 is 11.6 Å². The van der Waals surface area contributed by atoms with E-state index >= 15 is 0 Å². The Balaban J connectivity index is 0.00000136. The summed E-state index contributed by atoms with van der Waals surface area (Å²) in [6, 6.07) is 14.6. The first kappa shape index (κ1) is 22.8. The molecule has 0 radical (unpaired) electrons. The van der Waals surface area contributed by atoms with Gasteiger partial charge < -0.3 is 30.5 Å². The fourth-order valence-electron chi connectivity index (χ4n) is 3.10. The summed E-state index contributed by atoms with van der Waals surface area (Å²) in [6.07, 6.45) is 0.141. The van der Waals surface area contributed by atoms with Gasteiger partial charge in [-0.2, -0.15) is 0 Å². The number of aliphatic hydroxyl groups is 4. The highest BCUT2D eigenvalue weighted by molar-refractivity contribution is 6.30. The van der Waals surface area contributed by atoms with Gasteiger partial charge in [-0.1, -0.05) is 67.9 Å². The average Bonchev–Trinajstić information content (AvgIpc) is 3.25. The van der Waals surface area contributed by atoms with Crippen LogP contribution in [0.15, 0.2) is 54.6 Å². The molecule has 1 saturated heterocycles. The Hall–Kier alpha value is -1.51. The molecular weight excluding hydrogens is 382 g/mol. The van der Waals surface area contributed by atoms with Crippen LogP contribution in [0.5, 0.6) is 0 Å². The lowest BCUT2D eigenvalue weighted by atomic mass is 9.99. The van der Waals surface area contributed by atoms with Crippen molar-refractivity contribution in [3.05, 3.63) is 70.7 Å². The van der Waals surface area contributed by atoms with Crippen LogP contribution in [0.3, 0.4) is 0 Å². The Bertz CT molecular complexity index is 715. The highest BCUT2D eigenvalue weighted by Gasteiger charge is 2.56. The van der Waals surface area contributed by atoms with Crippen molar-refractivity contribution in [2.75, 3.05) is 6.54 Å². The van der Waals surface area contributed by atoms with E-state index in [9.17, 15) is 20.4 Å². The third-order valence-electron chi connectivity index (χ3n) is 4.58. The van der Waals surface area contributed by atoms with Gasteiger partial charge in [0.05, 0.1) is 6.04 Å². The summed E-state index contributed by atoms with van der Waals surface area (Å²) in [4.78, 5) is 0. The fraction of sp³-hybridized carbons (Fsp3) is 0.429. The second-order valence-electron chi connectivity index (χ2n) is 6.44. The molecule has 1 heterocycles. The highest BCUT2D eigenvalue weighted by Crippen LogP contribution is 2.35. The maximum Gasteiger partial charge on any atom is 0.337 e. The van der Waals surface area contributed by atoms with E-state index in [1.165, 1.54) is 0 Å². The molecule has 7 heteroatoms. The number of halogens is 1. The van der Waals surface area contributed by atoms with Crippen molar-refractivity contribution in [1.82, 2.24) is 5.32 Å². The second-order valence-corrected chi connectivity index (χ2v) is 6.88. The van der Waals surface area contributed by atoms with Crippen molar-refractivity contribution in [1.29, 1.82) is 0 Å². The number of nitrogens with one attached hydrogen (secondary N) is 1. The maximum atomic E-state index is 10.4. The van der Waals surface area contributed by atoms with Crippen molar-refractivity contribution in [3.63, 3.8) is 0 Å². The summed E-state index contributed by atoms with van der Waals surface area (Å²) in [5.74, 6) is -6.09. The van der Waals surface area contributed by atoms with E-state index in [0.29, 0.717) is 35.5 Å². The van der Waals surface area contributed by atoms with Crippen LogP contribution in [-0.2, 0) is 4.74 Å². The second kappa shape index (κ2) is 9.80. The monoisotopic (exact) mass is 409 g/mol. The molecule has 2 aromatic rings. The molecule has 2 unspecified atom stereocenters. The molecule has 1 aliphatic heterocycles. The third-order valence-corrected chi connectivity index (χ3v) is 4.83. The first-order valence-electron chi connectivity index (χ1n) is 9.42. The van der Waals surface area contributed by atoms with Crippen LogP contribution in [0, 0.1) is 0 Å². The van der Waals surface area contributed by atoms with Gasteiger partial charge in [-0.05, 0) is 42.6 Å². The number of rotatable bonds is 6. The zero-order valence-corrected chi connectivity index (χ0v) is 16.8. The summed E-state index contributed by atoms with van der Waals surface area (Å²) in [7, 11) is 0. The van der Waals surface area contributed by atoms with E-state index in [-0.39, 0.29) is 0 Å². The first-order valence-corrected chi connectivity index (χ1v) is 9.80. The summed E-state index contributed by atoms with van der Waals surface area (Å²) in [6.45, 7) is 4.56. The van der Waals surface area contributed by atoms with Gasteiger partial charge in [0.25, 0.3) is 5.79 Å². The Kier molecular flexibility index (Phi) is 7.97. The molecular formula is C21H28ClNO5. The van der Waals surface area contributed by atoms with Crippen LogP contribution in [0.25, 0.3) is 0 Å². The predicted octanol–water partition coefficient (Wildman–Crippen LogP) is 2.54. The van der Waals surface area contributed by atoms with E-state index < -0.39 is 23.9 Å². The van der Waals surface area contributed by atoms with Gasteiger partial charge in [-0.3, -0.25) is 0 Å². The summed E-state index contributed by atoms with van der Waals surface area (Å²) in [5.41, 5.74) is 1.21. The van der Waals surface area contributed by atoms with Crippen molar-refractivity contribution >= 4 is 11.6 Å². The Morgan fingerprint density at radius 3 is 2.07 bits per heavy atom. The fourth-order valence-corrected chi connectivity index (χ4v) is 3.23. The van der Waals surface area contributed by atoms with Crippen molar-refractivity contribution in [3.8, 4) is 0 Å². The zero-order valence-electron chi connectivity index (χ0n) is 16.0. The van der Waals surface area contributed by atoms with E-state index in [1.807, 2.05) is 19.9 Å². The molecule has 2 atom stereocenters. The average molecular weight is 410 g/mol. The summed E-state index contributed by atoms with van der Waals surface area (Å²) < 4.78 is 5.46. The summed E-state index contributed by atoms with van der Waals surface area (Å²) >= 11 is 5.93. The SMILES string of the molecule is CC.OC(O)(OC(c1ccccc1)c1ccc(Cl)cc1)C(O)(O)C1CCCN1. The molecule has 2 aromatic carbocycles. The topological polar surface area (TPSA) is 102 Å². The van der Waals surface area contributed by atoms with Gasteiger partial charge in [0.2, 0.25) is 0 Å². The van der Waals surface area contributed by atoms with E-state index in [0.717, 1.165) is 0 Å². The highest BCUT2D eigenvalue weighted by atomic mass is 35.5. The van der Waals surface area contributed by atoms with Crippen LogP contribution in [-0.4, -0.2) is 44.8 Å². The first-order chi connectivity index (χ1) is 13.3. The largest absolute Gasteiger partial charge is 0.358 e. The van der Waals surface area contributed by atoms with Gasteiger partial charge >= 0.3 is 5.97 Å². The van der Waals surface area contributed by atoms with Crippen LogP contribution in [0.4, 0.5) is 0 Å². The summed E-state index contributed by atoms with van der Waals surface area (Å²) in [5, 5.41) is 45.0. The number of hydrogen-bond acceptors (Lipinski definition) is 6. The predicted molar refractivity (Wildman–Crippen MR) is 108 cm³/mol. The minimum Gasteiger partial charge on any atom is -0.358 e. The quantitative estimate of drug-likeness (QED) is 0.470. The number of hydrogen-bond donors (Lipinski definition) is 5. The van der Waals surface area contributed by atoms with Gasteiger partial charge in [-0.15, -0.1) is 0 Å². The molecule has 0 bridgehead atoms. The van der Waals surface area contributed by atoms with E-state index in [1.54, 1.807) is 48.5 Å². The molecule has 154 valence electrons. The molecule has 1 fully saturated rings. The molecule has 0 amide bonds. The lowest BCUT2D eigenvalue weighted by Gasteiger charge is -2.40. The molecule has 0 aromatic heterocycles. The maximum absolute atomic E-state index is 10.4. The van der Waals surface area contributed by atoms with E-state index in [2.05, 4.69) is 5.32 Å². The van der Waals surface area contributed by atoms with Crippen molar-refractivity contribution < 1.29 is 25.2 Å².